The number of anilines is 1. The van der Waals surface area contributed by atoms with E-state index in [0.717, 1.165) is 6.07 Å². The molecule has 0 heterocycles. The van der Waals surface area contributed by atoms with Crippen molar-refractivity contribution < 1.29 is 28.4 Å². The number of halogens is 1. The van der Waals surface area contributed by atoms with Crippen LogP contribution in [0.2, 0.25) is 0 Å². The van der Waals surface area contributed by atoms with Crippen molar-refractivity contribution >= 4 is 23.3 Å². The van der Waals surface area contributed by atoms with Crippen molar-refractivity contribution in [2.45, 2.75) is 6.92 Å². The molecule has 0 aliphatic rings. The molecule has 1 amide bonds. The molecule has 0 spiro atoms. The Bertz CT molecular complexity index is 868. The average Bonchev–Trinajstić information content (AvgIpc) is 2.61. The van der Waals surface area contributed by atoms with Crippen molar-refractivity contribution in [3.8, 4) is 5.75 Å². The van der Waals surface area contributed by atoms with Crippen LogP contribution in [0.3, 0.4) is 0 Å². The van der Waals surface area contributed by atoms with E-state index < -0.39 is 29.2 Å². The van der Waals surface area contributed by atoms with Gasteiger partial charge in [-0.25, -0.2) is 9.18 Å². The SMILES string of the molecule is COc1cc(NC(=O)COC(=O)c2ccccc2F)c(C)cc1[N+](=O)[O-]. The van der Waals surface area contributed by atoms with Crippen molar-refractivity contribution in [3.63, 3.8) is 0 Å². The summed E-state index contributed by atoms with van der Waals surface area (Å²) in [6.07, 6.45) is 0. The number of esters is 1. The molecule has 0 aliphatic carbocycles. The molecule has 8 nitrogen and oxygen atoms in total. The number of ether oxygens (including phenoxy) is 2. The van der Waals surface area contributed by atoms with Crippen LogP contribution >= 0.6 is 0 Å². The molecule has 26 heavy (non-hydrogen) atoms. The lowest BCUT2D eigenvalue weighted by atomic mass is 10.1. The predicted molar refractivity (Wildman–Crippen MR) is 89.7 cm³/mol. The average molecular weight is 362 g/mol. The molecule has 9 heteroatoms. The molecule has 0 bridgehead atoms. The Hall–Kier alpha value is -3.49. The molecule has 1 N–H and O–H groups in total. The van der Waals surface area contributed by atoms with Gasteiger partial charge in [0.15, 0.2) is 12.4 Å². The van der Waals surface area contributed by atoms with E-state index in [-0.39, 0.29) is 22.7 Å². The number of nitro groups is 1. The highest BCUT2D eigenvalue weighted by Crippen LogP contribution is 2.32. The van der Waals surface area contributed by atoms with E-state index in [9.17, 15) is 24.1 Å². The number of nitrogens with zero attached hydrogens (tertiary/aromatic N) is 1. The third kappa shape index (κ3) is 4.32. The summed E-state index contributed by atoms with van der Waals surface area (Å²) in [5.41, 5.74) is 0.160. The topological polar surface area (TPSA) is 108 Å². The number of aryl methyl sites for hydroxylation is 1. The molecule has 0 fully saturated rings. The zero-order valence-electron chi connectivity index (χ0n) is 13.9. The second kappa shape index (κ2) is 8.06. The molecule has 0 radical (unpaired) electrons. The van der Waals surface area contributed by atoms with Gasteiger partial charge < -0.3 is 14.8 Å². The number of benzene rings is 2. The minimum Gasteiger partial charge on any atom is -0.490 e. The van der Waals surface area contributed by atoms with E-state index in [2.05, 4.69) is 5.32 Å². The summed E-state index contributed by atoms with van der Waals surface area (Å²) >= 11 is 0. The number of amides is 1. The standard InChI is InChI=1S/C17H15FN2O6/c1-10-7-14(20(23)24)15(25-2)8-13(10)19-16(21)9-26-17(22)11-5-3-4-6-12(11)18/h3-8H,9H2,1-2H3,(H,19,21). The van der Waals surface area contributed by atoms with Gasteiger partial charge in [0, 0.05) is 17.8 Å². The normalized spacial score (nSPS) is 10.1. The molecular weight excluding hydrogens is 347 g/mol. The second-order valence-electron chi connectivity index (χ2n) is 5.20. The van der Waals surface area contributed by atoms with Crippen LogP contribution in [-0.4, -0.2) is 30.5 Å². The molecular formula is C17H15FN2O6. The first-order valence-corrected chi connectivity index (χ1v) is 7.38. The van der Waals surface area contributed by atoms with Gasteiger partial charge in [-0.05, 0) is 24.6 Å². The first kappa shape index (κ1) is 18.8. The maximum absolute atomic E-state index is 13.5. The Morgan fingerprint density at radius 1 is 1.27 bits per heavy atom. The first-order valence-electron chi connectivity index (χ1n) is 7.38. The Kier molecular flexibility index (Phi) is 5.84. The van der Waals surface area contributed by atoms with Gasteiger partial charge in [0.2, 0.25) is 0 Å². The summed E-state index contributed by atoms with van der Waals surface area (Å²) in [6.45, 7) is 0.916. The number of methoxy groups -OCH3 is 1. The van der Waals surface area contributed by atoms with E-state index in [0.29, 0.717) is 5.56 Å². The predicted octanol–water partition coefficient (Wildman–Crippen LogP) is 2.85. The lowest BCUT2D eigenvalue weighted by Crippen LogP contribution is -2.21. The third-order valence-electron chi connectivity index (χ3n) is 3.42. The Morgan fingerprint density at radius 3 is 2.58 bits per heavy atom. The molecule has 0 atom stereocenters. The van der Waals surface area contributed by atoms with Crippen LogP contribution in [0.5, 0.6) is 5.75 Å². The van der Waals surface area contributed by atoms with Crippen LogP contribution in [0, 0.1) is 22.9 Å². The summed E-state index contributed by atoms with van der Waals surface area (Å²) in [7, 11) is 1.26. The zero-order valence-corrected chi connectivity index (χ0v) is 13.9. The number of hydrogen-bond acceptors (Lipinski definition) is 6. The number of nitrogens with one attached hydrogen (secondary N) is 1. The lowest BCUT2D eigenvalue weighted by Gasteiger charge is -2.11. The molecule has 0 saturated heterocycles. The molecule has 0 saturated carbocycles. The fourth-order valence-electron chi connectivity index (χ4n) is 2.14. The summed E-state index contributed by atoms with van der Waals surface area (Å²) in [6, 6.07) is 7.77. The number of hydrogen-bond donors (Lipinski definition) is 1. The fourth-order valence-corrected chi connectivity index (χ4v) is 2.14. The molecule has 2 aromatic carbocycles. The van der Waals surface area contributed by atoms with Crippen molar-refractivity contribution in [1.29, 1.82) is 0 Å². The summed E-state index contributed by atoms with van der Waals surface area (Å²) in [5, 5.41) is 13.4. The van der Waals surface area contributed by atoms with Gasteiger partial charge in [-0.15, -0.1) is 0 Å². The lowest BCUT2D eigenvalue weighted by molar-refractivity contribution is -0.385. The Morgan fingerprint density at radius 2 is 1.96 bits per heavy atom. The van der Waals surface area contributed by atoms with E-state index in [1.54, 1.807) is 6.92 Å². The van der Waals surface area contributed by atoms with Crippen LogP contribution in [0.1, 0.15) is 15.9 Å². The van der Waals surface area contributed by atoms with E-state index in [4.69, 9.17) is 9.47 Å². The third-order valence-corrected chi connectivity index (χ3v) is 3.42. The first-order chi connectivity index (χ1) is 12.3. The second-order valence-corrected chi connectivity index (χ2v) is 5.20. The van der Waals surface area contributed by atoms with Crippen molar-refractivity contribution in [1.82, 2.24) is 0 Å². The van der Waals surface area contributed by atoms with Gasteiger partial charge in [-0.3, -0.25) is 14.9 Å². The minimum absolute atomic E-state index is 0.0285. The van der Waals surface area contributed by atoms with Crippen molar-refractivity contribution in [3.05, 3.63) is 63.5 Å². The Labute approximate surface area is 147 Å². The van der Waals surface area contributed by atoms with Crippen LogP contribution in [0.4, 0.5) is 15.8 Å². The minimum atomic E-state index is -0.976. The van der Waals surface area contributed by atoms with Crippen molar-refractivity contribution in [2.75, 3.05) is 19.0 Å². The zero-order chi connectivity index (χ0) is 19.3. The van der Waals surface area contributed by atoms with Crippen molar-refractivity contribution in [2.24, 2.45) is 0 Å². The van der Waals surface area contributed by atoms with E-state index >= 15 is 0 Å². The highest BCUT2D eigenvalue weighted by atomic mass is 19.1. The van der Waals surface area contributed by atoms with Gasteiger partial charge in [0.1, 0.15) is 5.82 Å². The van der Waals surface area contributed by atoms with Gasteiger partial charge in [0.25, 0.3) is 5.91 Å². The van der Waals surface area contributed by atoms with E-state index in [1.807, 2.05) is 0 Å². The summed E-state index contributed by atoms with van der Waals surface area (Å²) < 4.78 is 23.2. The van der Waals surface area contributed by atoms with Crippen LogP contribution in [0.25, 0.3) is 0 Å². The number of carbonyl (C=O) groups is 2. The molecule has 2 aromatic rings. The maximum Gasteiger partial charge on any atom is 0.341 e. The van der Waals surface area contributed by atoms with Crippen LogP contribution in [0.15, 0.2) is 36.4 Å². The Balaban J connectivity index is 2.05. The molecule has 0 aromatic heterocycles. The fraction of sp³-hybridized carbons (Fsp3) is 0.176. The monoisotopic (exact) mass is 362 g/mol. The molecule has 0 unspecified atom stereocenters. The summed E-state index contributed by atoms with van der Waals surface area (Å²) in [4.78, 5) is 34.1. The molecule has 0 aliphatic heterocycles. The number of rotatable bonds is 6. The van der Waals surface area contributed by atoms with Crippen LogP contribution < -0.4 is 10.1 Å². The molecule has 136 valence electrons. The smallest absolute Gasteiger partial charge is 0.341 e. The van der Waals surface area contributed by atoms with E-state index in [1.165, 1.54) is 37.4 Å². The number of carbonyl (C=O) groups excluding carboxylic acids is 2. The summed E-state index contributed by atoms with van der Waals surface area (Å²) in [5.74, 6) is -2.45. The van der Waals surface area contributed by atoms with Gasteiger partial charge in [-0.1, -0.05) is 12.1 Å². The highest BCUT2D eigenvalue weighted by Gasteiger charge is 2.19. The van der Waals surface area contributed by atoms with Gasteiger partial charge >= 0.3 is 11.7 Å². The highest BCUT2D eigenvalue weighted by molar-refractivity contribution is 5.96. The van der Waals surface area contributed by atoms with Gasteiger partial charge in [0.05, 0.1) is 17.6 Å². The maximum atomic E-state index is 13.5. The largest absolute Gasteiger partial charge is 0.490 e. The molecule has 2 rings (SSSR count). The number of nitro benzene ring substituents is 1. The van der Waals surface area contributed by atoms with Crippen LogP contribution in [-0.2, 0) is 9.53 Å². The van der Waals surface area contributed by atoms with Gasteiger partial charge in [-0.2, -0.15) is 0 Å². The quantitative estimate of drug-likeness (QED) is 0.481.